The van der Waals surface area contributed by atoms with E-state index in [2.05, 4.69) is 31.2 Å². The number of rotatable bonds is 18. The first-order valence-corrected chi connectivity index (χ1v) is 20.9. The van der Waals surface area contributed by atoms with Gasteiger partial charge in [0.15, 0.2) is 0 Å². The first-order chi connectivity index (χ1) is 29.7. The molecule has 0 unspecified atom stereocenters. The lowest BCUT2D eigenvalue weighted by Gasteiger charge is -2.35. The van der Waals surface area contributed by atoms with Crippen molar-refractivity contribution in [3.63, 3.8) is 0 Å². The van der Waals surface area contributed by atoms with Gasteiger partial charge in [-0.1, -0.05) is 74.5 Å². The molecule has 1 fully saturated rings. The Hall–Kier alpha value is -6.61. The topological polar surface area (TPSA) is 182 Å². The van der Waals surface area contributed by atoms with Crippen molar-refractivity contribution in [3.05, 3.63) is 126 Å². The molecule has 1 aliphatic heterocycles. The number of nitrogens with zero attached hydrogens (tertiary/aromatic N) is 4. The van der Waals surface area contributed by atoms with Crippen molar-refractivity contribution >= 4 is 47.0 Å². The normalized spacial score (nSPS) is 14.2. The van der Waals surface area contributed by atoms with Crippen LogP contribution in [0.2, 0.25) is 0 Å². The summed E-state index contributed by atoms with van der Waals surface area (Å²) in [5, 5.41) is 11.2. The number of hydrogen-bond donors (Lipinski definition) is 4. The van der Waals surface area contributed by atoms with Gasteiger partial charge in [0, 0.05) is 63.4 Å². The first kappa shape index (κ1) is 46.5. The van der Waals surface area contributed by atoms with E-state index in [1.165, 1.54) is 11.9 Å². The second-order valence-corrected chi connectivity index (χ2v) is 16.1. The summed E-state index contributed by atoms with van der Waals surface area (Å²) >= 11 is 0. The summed E-state index contributed by atoms with van der Waals surface area (Å²) in [5.41, 5.74) is 4.29. The van der Waals surface area contributed by atoms with Crippen LogP contribution in [0.3, 0.4) is 0 Å². The summed E-state index contributed by atoms with van der Waals surface area (Å²) in [5.74, 6) is -2.78. The molecule has 3 aromatic carbocycles. The SMILES string of the molecule is Cc1ccccc1NC(=O)Nc1ccc(CC(=O)N(C)[C@@H](CC(C)C)C(=O)N[C@@H](CC(=O)OCc2ccncc2)C(=O)N[C@@H](Cc2ccccc2)C(=O)N2CCN(C)CC2)cc1. The number of anilines is 2. The van der Waals surface area contributed by atoms with Crippen molar-refractivity contribution in [1.82, 2.24) is 30.3 Å². The fourth-order valence-electron chi connectivity index (χ4n) is 6.98. The molecule has 0 radical (unpaired) electrons. The number of amides is 6. The van der Waals surface area contributed by atoms with Crippen LogP contribution in [-0.2, 0) is 48.2 Å². The molecule has 0 spiro atoms. The molecular weight excluding hydrogens is 789 g/mol. The van der Waals surface area contributed by atoms with Crippen molar-refractivity contribution in [2.24, 2.45) is 5.92 Å². The van der Waals surface area contributed by atoms with Crippen LogP contribution in [-0.4, -0.2) is 114 Å². The molecule has 15 heteroatoms. The number of hydrogen-bond acceptors (Lipinski definition) is 9. The van der Waals surface area contributed by atoms with Crippen LogP contribution in [0.15, 0.2) is 103 Å². The van der Waals surface area contributed by atoms with E-state index in [1.54, 1.807) is 53.7 Å². The van der Waals surface area contributed by atoms with Gasteiger partial charge in [-0.15, -0.1) is 0 Å². The van der Waals surface area contributed by atoms with E-state index in [0.717, 1.165) is 11.1 Å². The Balaban J connectivity index is 1.30. The fraction of sp³-hybridized carbons (Fsp3) is 0.383. The van der Waals surface area contributed by atoms with E-state index >= 15 is 0 Å². The Kier molecular flexibility index (Phi) is 17.1. The highest BCUT2D eigenvalue weighted by atomic mass is 16.5. The summed E-state index contributed by atoms with van der Waals surface area (Å²) < 4.78 is 5.51. The first-order valence-electron chi connectivity index (χ1n) is 20.9. The van der Waals surface area contributed by atoms with Crippen LogP contribution in [0.5, 0.6) is 0 Å². The summed E-state index contributed by atoms with van der Waals surface area (Å²) in [6, 6.07) is 23.1. The number of benzene rings is 3. The van der Waals surface area contributed by atoms with Crippen molar-refractivity contribution in [2.45, 2.75) is 71.2 Å². The number of urea groups is 1. The zero-order chi connectivity index (χ0) is 44.6. The highest BCUT2D eigenvalue weighted by Crippen LogP contribution is 2.18. The van der Waals surface area contributed by atoms with Crippen molar-refractivity contribution in [1.29, 1.82) is 0 Å². The van der Waals surface area contributed by atoms with Gasteiger partial charge in [-0.3, -0.25) is 29.0 Å². The van der Waals surface area contributed by atoms with Crippen molar-refractivity contribution < 1.29 is 33.5 Å². The van der Waals surface area contributed by atoms with Gasteiger partial charge < -0.3 is 40.7 Å². The molecule has 3 atom stereocenters. The Morgan fingerprint density at radius 3 is 2.05 bits per heavy atom. The molecule has 1 aromatic heterocycles. The number of pyridine rings is 1. The predicted octanol–water partition coefficient (Wildman–Crippen LogP) is 4.57. The monoisotopic (exact) mass is 846 g/mol. The Morgan fingerprint density at radius 1 is 0.742 bits per heavy atom. The number of carbonyl (C=O) groups excluding carboxylic acids is 6. The standard InChI is InChI=1S/C47H58N8O7/c1-32(2)27-41(54(5)42(56)29-35-15-17-37(18-16-35)49-47(61)52-38-14-10-9-11-33(38)3)45(59)50-39(30-43(57)62-31-36-19-21-48-22-20-36)44(58)51-40(28-34-12-7-6-8-13-34)46(60)55-25-23-53(4)24-26-55/h6-22,32,39-41H,23-31H2,1-5H3,(H,50,59)(H,51,58)(H2,49,52,61)/t39-,40-,41-/m0/s1. The van der Waals surface area contributed by atoms with Crippen LogP contribution in [0.1, 0.15) is 48.9 Å². The number of aromatic nitrogens is 1. The maximum Gasteiger partial charge on any atom is 0.323 e. The third-order valence-corrected chi connectivity index (χ3v) is 10.7. The van der Waals surface area contributed by atoms with Gasteiger partial charge in [0.1, 0.15) is 24.7 Å². The van der Waals surface area contributed by atoms with E-state index in [4.69, 9.17) is 4.74 Å². The number of aryl methyl sites for hydroxylation is 1. The average Bonchev–Trinajstić information content (AvgIpc) is 3.26. The van der Waals surface area contributed by atoms with E-state index in [0.29, 0.717) is 48.7 Å². The lowest BCUT2D eigenvalue weighted by atomic mass is 10.00. The molecule has 0 bridgehead atoms. The second-order valence-electron chi connectivity index (χ2n) is 16.1. The summed E-state index contributed by atoms with van der Waals surface area (Å²) in [4.78, 5) is 91.5. The van der Waals surface area contributed by atoms with Crippen LogP contribution < -0.4 is 21.3 Å². The van der Waals surface area contributed by atoms with Crippen molar-refractivity contribution in [3.8, 4) is 0 Å². The largest absolute Gasteiger partial charge is 0.461 e. The number of ether oxygens (including phenoxy) is 1. The molecule has 4 aromatic rings. The van der Waals surface area contributed by atoms with Gasteiger partial charge in [-0.25, -0.2) is 4.79 Å². The van der Waals surface area contributed by atoms with E-state index in [1.807, 2.05) is 82.4 Å². The number of piperazine rings is 1. The lowest BCUT2D eigenvalue weighted by molar-refractivity contribution is -0.148. The maximum absolute atomic E-state index is 14.3. The van der Waals surface area contributed by atoms with E-state index in [9.17, 15) is 28.8 Å². The number of esters is 1. The predicted molar refractivity (Wildman–Crippen MR) is 237 cm³/mol. The summed E-state index contributed by atoms with van der Waals surface area (Å²) in [6.45, 7) is 7.99. The minimum Gasteiger partial charge on any atom is -0.461 e. The summed E-state index contributed by atoms with van der Waals surface area (Å²) in [7, 11) is 3.51. The zero-order valence-corrected chi connectivity index (χ0v) is 36.1. The molecular formula is C47H58N8O7. The molecule has 4 N–H and O–H groups in total. The Labute approximate surface area is 363 Å². The van der Waals surface area contributed by atoms with Gasteiger partial charge in [0.25, 0.3) is 0 Å². The average molecular weight is 847 g/mol. The van der Waals surface area contributed by atoms with Gasteiger partial charge in [-0.2, -0.15) is 0 Å². The molecule has 1 aliphatic rings. The fourth-order valence-corrected chi connectivity index (χ4v) is 6.98. The maximum atomic E-state index is 14.3. The number of likely N-dealkylation sites (N-methyl/N-ethyl adjacent to an activating group) is 2. The van der Waals surface area contributed by atoms with Crippen LogP contribution in [0.4, 0.5) is 16.2 Å². The molecule has 62 heavy (non-hydrogen) atoms. The van der Waals surface area contributed by atoms with Crippen molar-refractivity contribution in [2.75, 3.05) is 50.9 Å². The molecule has 328 valence electrons. The van der Waals surface area contributed by atoms with Crippen LogP contribution >= 0.6 is 0 Å². The molecule has 15 nitrogen and oxygen atoms in total. The van der Waals surface area contributed by atoms with Gasteiger partial charge >= 0.3 is 12.0 Å². The Bertz CT molecular complexity index is 2130. The second kappa shape index (κ2) is 22.8. The third-order valence-electron chi connectivity index (χ3n) is 10.7. The molecule has 5 rings (SSSR count). The van der Waals surface area contributed by atoms with Gasteiger partial charge in [-0.05, 0) is 78.9 Å². The molecule has 2 heterocycles. The minimum absolute atomic E-state index is 0.0359. The number of nitrogens with one attached hydrogen (secondary N) is 4. The zero-order valence-electron chi connectivity index (χ0n) is 36.1. The minimum atomic E-state index is -1.44. The molecule has 6 amide bonds. The highest BCUT2D eigenvalue weighted by molar-refractivity contribution is 6.00. The molecule has 0 aliphatic carbocycles. The molecule has 0 saturated carbocycles. The highest BCUT2D eigenvalue weighted by Gasteiger charge is 2.35. The van der Waals surface area contributed by atoms with E-state index < -0.39 is 48.4 Å². The molecule has 1 saturated heterocycles. The van der Waals surface area contributed by atoms with Gasteiger partial charge in [0.2, 0.25) is 23.6 Å². The quantitative estimate of drug-likeness (QED) is 0.104. The smallest absolute Gasteiger partial charge is 0.323 e. The summed E-state index contributed by atoms with van der Waals surface area (Å²) in [6.07, 6.45) is 3.00. The van der Waals surface area contributed by atoms with Gasteiger partial charge in [0.05, 0.1) is 12.8 Å². The van der Waals surface area contributed by atoms with Crippen LogP contribution in [0.25, 0.3) is 0 Å². The van der Waals surface area contributed by atoms with E-state index in [-0.39, 0.29) is 43.6 Å². The Morgan fingerprint density at radius 2 is 1.39 bits per heavy atom. The number of carbonyl (C=O) groups is 6. The third kappa shape index (κ3) is 14.3. The van der Waals surface area contributed by atoms with Crippen LogP contribution in [0, 0.1) is 12.8 Å². The number of para-hydroxylation sites is 1. The lowest BCUT2D eigenvalue weighted by Crippen LogP contribution is -2.59.